The summed E-state index contributed by atoms with van der Waals surface area (Å²) in [5, 5.41) is 4.44. The maximum absolute atomic E-state index is 13.1. The number of hydrogen-bond acceptors (Lipinski definition) is 3. The lowest BCUT2D eigenvalue weighted by Crippen LogP contribution is -2.39. The number of rotatable bonds is 6. The van der Waals surface area contributed by atoms with Gasteiger partial charge in [0.15, 0.2) is 6.10 Å². The van der Waals surface area contributed by atoms with Gasteiger partial charge in [-0.3, -0.25) is 9.48 Å². The quantitative estimate of drug-likeness (QED) is 0.655. The number of ether oxygens (including phenoxy) is 1. The van der Waals surface area contributed by atoms with E-state index in [-0.39, 0.29) is 11.7 Å². The first-order chi connectivity index (χ1) is 13.6. The minimum absolute atomic E-state index is 0.0177. The van der Waals surface area contributed by atoms with Crippen LogP contribution in [-0.4, -0.2) is 26.7 Å². The minimum atomic E-state index is -0.509. The summed E-state index contributed by atoms with van der Waals surface area (Å²) in [6, 6.07) is 15.8. The number of aromatic nitrogens is 2. The van der Waals surface area contributed by atoms with E-state index in [0.717, 1.165) is 16.8 Å². The molecule has 0 fully saturated rings. The second kappa shape index (κ2) is 7.84. The van der Waals surface area contributed by atoms with Gasteiger partial charge < -0.3 is 9.64 Å². The summed E-state index contributed by atoms with van der Waals surface area (Å²) in [7, 11) is 0. The fraction of sp³-hybridized carbons (Fsp3) is 0.273. The van der Waals surface area contributed by atoms with Gasteiger partial charge in [0.25, 0.3) is 5.91 Å². The zero-order valence-electron chi connectivity index (χ0n) is 15.7. The highest BCUT2D eigenvalue weighted by Gasteiger charge is 2.31. The third-order valence-corrected chi connectivity index (χ3v) is 4.96. The van der Waals surface area contributed by atoms with Gasteiger partial charge in [-0.2, -0.15) is 5.10 Å². The Morgan fingerprint density at radius 2 is 1.89 bits per heavy atom. The van der Waals surface area contributed by atoms with Crippen LogP contribution < -0.4 is 4.74 Å². The van der Waals surface area contributed by atoms with Gasteiger partial charge in [-0.1, -0.05) is 37.3 Å². The van der Waals surface area contributed by atoms with Crippen LogP contribution in [0.2, 0.25) is 0 Å². The second-order valence-corrected chi connectivity index (χ2v) is 6.92. The Hall–Kier alpha value is -3.15. The molecule has 0 aliphatic carbocycles. The molecule has 2 aromatic carbocycles. The fourth-order valence-electron chi connectivity index (χ4n) is 3.44. The van der Waals surface area contributed by atoms with Crippen molar-refractivity contribution in [1.29, 1.82) is 0 Å². The Morgan fingerprint density at radius 1 is 1.14 bits per heavy atom. The van der Waals surface area contributed by atoms with Gasteiger partial charge in [-0.05, 0) is 36.2 Å². The van der Waals surface area contributed by atoms with Crippen LogP contribution in [0.25, 0.3) is 0 Å². The molecular formula is C22H22FN3O2. The minimum Gasteiger partial charge on any atom is -0.481 e. The number of para-hydroxylation sites is 1. The summed E-state index contributed by atoms with van der Waals surface area (Å²) < 4.78 is 20.9. The van der Waals surface area contributed by atoms with Gasteiger partial charge in [-0.15, -0.1) is 0 Å². The molecule has 6 heteroatoms. The lowest BCUT2D eigenvalue weighted by molar-refractivity contribution is -0.139. The zero-order valence-corrected chi connectivity index (χ0v) is 15.7. The van der Waals surface area contributed by atoms with E-state index in [1.54, 1.807) is 12.1 Å². The molecule has 0 unspecified atom stereocenters. The molecule has 0 saturated heterocycles. The van der Waals surface area contributed by atoms with Crippen LogP contribution in [0.1, 0.15) is 30.2 Å². The number of fused-ring (bicyclic) bond motifs is 1. The summed E-state index contributed by atoms with van der Waals surface area (Å²) in [6.45, 7) is 3.54. The van der Waals surface area contributed by atoms with E-state index in [1.807, 2.05) is 53.0 Å². The second-order valence-electron chi connectivity index (χ2n) is 6.92. The third-order valence-electron chi connectivity index (χ3n) is 4.96. The Kier molecular flexibility index (Phi) is 5.10. The molecule has 3 aromatic rings. The van der Waals surface area contributed by atoms with Crippen molar-refractivity contribution in [3.63, 3.8) is 0 Å². The molecule has 2 heterocycles. The number of amides is 1. The predicted molar refractivity (Wildman–Crippen MR) is 103 cm³/mol. The predicted octanol–water partition coefficient (Wildman–Crippen LogP) is 3.77. The van der Waals surface area contributed by atoms with Gasteiger partial charge >= 0.3 is 0 Å². The van der Waals surface area contributed by atoms with Gasteiger partial charge in [-0.25, -0.2) is 4.39 Å². The van der Waals surface area contributed by atoms with Gasteiger partial charge in [0.1, 0.15) is 11.6 Å². The van der Waals surface area contributed by atoms with Crippen molar-refractivity contribution >= 4 is 5.91 Å². The Balaban J connectivity index is 1.44. The highest BCUT2D eigenvalue weighted by molar-refractivity contribution is 5.81. The van der Waals surface area contributed by atoms with E-state index >= 15 is 0 Å². The lowest BCUT2D eigenvalue weighted by atomic mass is 10.2. The Morgan fingerprint density at radius 3 is 2.61 bits per heavy atom. The molecule has 1 aromatic heterocycles. The highest BCUT2D eigenvalue weighted by atomic mass is 19.1. The molecule has 144 valence electrons. The van der Waals surface area contributed by atoms with Crippen molar-refractivity contribution in [2.24, 2.45) is 0 Å². The number of carbonyl (C=O) groups excluding carboxylic acids is 1. The van der Waals surface area contributed by atoms with Crippen LogP contribution in [-0.2, 0) is 24.4 Å². The standard InChI is InChI=1S/C22H22FN3O2/c1-2-21(28-19-6-4-3-5-7-19)22(27)25-14-17-12-24-26(20(17)15-25)13-16-8-10-18(23)11-9-16/h3-12,21H,2,13-15H2,1H3/t21-/m1/s1. The van der Waals surface area contributed by atoms with Crippen molar-refractivity contribution in [3.05, 3.63) is 83.4 Å². The van der Waals surface area contributed by atoms with Crippen LogP contribution in [0.3, 0.4) is 0 Å². The molecule has 1 atom stereocenters. The number of hydrogen-bond donors (Lipinski definition) is 0. The smallest absolute Gasteiger partial charge is 0.264 e. The molecule has 4 rings (SSSR count). The Bertz CT molecular complexity index is 954. The van der Waals surface area contributed by atoms with E-state index in [0.29, 0.717) is 31.8 Å². The first kappa shape index (κ1) is 18.2. The lowest BCUT2D eigenvalue weighted by Gasteiger charge is -2.23. The first-order valence-electron chi connectivity index (χ1n) is 9.42. The zero-order chi connectivity index (χ0) is 19.5. The molecule has 0 N–H and O–H groups in total. The number of carbonyl (C=O) groups is 1. The molecule has 28 heavy (non-hydrogen) atoms. The molecule has 1 amide bonds. The molecule has 0 saturated carbocycles. The fourth-order valence-corrected chi connectivity index (χ4v) is 3.44. The summed E-state index contributed by atoms with van der Waals surface area (Å²) in [4.78, 5) is 14.8. The van der Waals surface area contributed by atoms with Crippen molar-refractivity contribution in [2.45, 2.75) is 39.1 Å². The maximum Gasteiger partial charge on any atom is 0.264 e. The normalized spacial score (nSPS) is 14.0. The topological polar surface area (TPSA) is 47.4 Å². The molecule has 0 radical (unpaired) electrons. The third kappa shape index (κ3) is 3.76. The molecular weight excluding hydrogens is 357 g/mol. The molecule has 1 aliphatic rings. The maximum atomic E-state index is 13.1. The van der Waals surface area contributed by atoms with Gasteiger partial charge in [0.2, 0.25) is 0 Å². The van der Waals surface area contributed by atoms with E-state index in [9.17, 15) is 9.18 Å². The van der Waals surface area contributed by atoms with Crippen LogP contribution in [0, 0.1) is 5.82 Å². The number of nitrogens with zero attached hydrogens (tertiary/aromatic N) is 3. The summed E-state index contributed by atoms with van der Waals surface area (Å²) in [5.41, 5.74) is 3.04. The van der Waals surface area contributed by atoms with E-state index in [4.69, 9.17) is 4.74 Å². The average Bonchev–Trinajstić information content (AvgIpc) is 3.30. The average molecular weight is 379 g/mol. The monoisotopic (exact) mass is 379 g/mol. The molecule has 1 aliphatic heterocycles. The molecule has 0 bridgehead atoms. The largest absolute Gasteiger partial charge is 0.481 e. The number of halogens is 1. The number of benzene rings is 2. The van der Waals surface area contributed by atoms with E-state index < -0.39 is 6.10 Å². The molecule has 0 spiro atoms. The summed E-state index contributed by atoms with van der Waals surface area (Å²) in [6.07, 6.45) is 1.90. The van der Waals surface area contributed by atoms with Crippen LogP contribution in [0.5, 0.6) is 5.75 Å². The van der Waals surface area contributed by atoms with Crippen LogP contribution in [0.4, 0.5) is 4.39 Å². The van der Waals surface area contributed by atoms with Gasteiger partial charge in [0.05, 0.1) is 25.0 Å². The van der Waals surface area contributed by atoms with Crippen molar-refractivity contribution in [1.82, 2.24) is 14.7 Å². The van der Waals surface area contributed by atoms with Crippen molar-refractivity contribution in [2.75, 3.05) is 0 Å². The first-order valence-corrected chi connectivity index (χ1v) is 9.42. The SMILES string of the molecule is CC[C@@H](Oc1ccccc1)C(=O)N1Cc2cnn(Cc3ccc(F)cc3)c2C1. The summed E-state index contributed by atoms with van der Waals surface area (Å²) >= 11 is 0. The van der Waals surface area contributed by atoms with Crippen molar-refractivity contribution in [3.8, 4) is 5.75 Å². The van der Waals surface area contributed by atoms with Crippen LogP contribution in [0.15, 0.2) is 60.8 Å². The van der Waals surface area contributed by atoms with E-state index in [1.165, 1.54) is 12.1 Å². The van der Waals surface area contributed by atoms with Crippen LogP contribution >= 0.6 is 0 Å². The van der Waals surface area contributed by atoms with E-state index in [2.05, 4.69) is 5.10 Å². The highest BCUT2D eigenvalue weighted by Crippen LogP contribution is 2.25. The van der Waals surface area contributed by atoms with Crippen molar-refractivity contribution < 1.29 is 13.9 Å². The Labute approximate surface area is 163 Å². The molecule has 5 nitrogen and oxygen atoms in total. The van der Waals surface area contributed by atoms with Gasteiger partial charge in [0, 0.05) is 12.1 Å². The summed E-state index contributed by atoms with van der Waals surface area (Å²) in [5.74, 6) is 0.424.